The SMILES string of the molecule is NCC1(C(=O)NCC2(c3ccccc3)CCOCC2)CCOCC1. The summed E-state index contributed by atoms with van der Waals surface area (Å²) in [6.45, 7) is 3.72. The van der Waals surface area contributed by atoms with Crippen LogP contribution in [-0.4, -0.2) is 45.4 Å². The van der Waals surface area contributed by atoms with E-state index in [0.717, 1.165) is 26.1 Å². The molecule has 1 aromatic carbocycles. The molecule has 0 atom stereocenters. The van der Waals surface area contributed by atoms with E-state index in [-0.39, 0.29) is 11.3 Å². The molecular formula is C19H28N2O3. The van der Waals surface area contributed by atoms with Gasteiger partial charge in [0.05, 0.1) is 5.41 Å². The van der Waals surface area contributed by atoms with Crippen molar-refractivity contribution in [2.75, 3.05) is 39.5 Å². The lowest BCUT2D eigenvalue weighted by molar-refractivity contribution is -0.136. The van der Waals surface area contributed by atoms with E-state index in [2.05, 4.69) is 29.6 Å². The van der Waals surface area contributed by atoms with E-state index in [1.54, 1.807) is 0 Å². The molecule has 1 amide bonds. The van der Waals surface area contributed by atoms with Gasteiger partial charge >= 0.3 is 0 Å². The molecule has 0 aromatic heterocycles. The van der Waals surface area contributed by atoms with E-state index in [1.807, 2.05) is 6.07 Å². The highest BCUT2D eigenvalue weighted by Crippen LogP contribution is 2.35. The van der Waals surface area contributed by atoms with Gasteiger partial charge in [-0.1, -0.05) is 30.3 Å². The maximum absolute atomic E-state index is 12.9. The molecule has 3 rings (SSSR count). The Kier molecular flexibility index (Phi) is 5.54. The van der Waals surface area contributed by atoms with Crippen LogP contribution in [0.25, 0.3) is 0 Å². The highest BCUT2D eigenvalue weighted by molar-refractivity contribution is 5.83. The lowest BCUT2D eigenvalue weighted by atomic mass is 9.73. The fourth-order valence-corrected chi connectivity index (χ4v) is 3.84. The molecule has 1 aromatic rings. The molecule has 2 aliphatic heterocycles. The lowest BCUT2D eigenvalue weighted by Crippen LogP contribution is -2.53. The van der Waals surface area contributed by atoms with Gasteiger partial charge < -0.3 is 20.5 Å². The number of amides is 1. The minimum absolute atomic E-state index is 0.0455. The third-order valence-corrected chi connectivity index (χ3v) is 5.75. The summed E-state index contributed by atoms with van der Waals surface area (Å²) in [5, 5.41) is 3.22. The number of nitrogens with one attached hydrogen (secondary N) is 1. The zero-order valence-corrected chi connectivity index (χ0v) is 14.3. The van der Waals surface area contributed by atoms with E-state index in [1.165, 1.54) is 5.56 Å². The predicted molar refractivity (Wildman–Crippen MR) is 92.7 cm³/mol. The molecule has 0 unspecified atom stereocenters. The van der Waals surface area contributed by atoms with Crippen molar-refractivity contribution in [3.63, 3.8) is 0 Å². The van der Waals surface area contributed by atoms with Crippen LogP contribution in [0.4, 0.5) is 0 Å². The Labute approximate surface area is 143 Å². The second kappa shape index (κ2) is 7.64. The first kappa shape index (κ1) is 17.4. The van der Waals surface area contributed by atoms with E-state index >= 15 is 0 Å². The van der Waals surface area contributed by atoms with Crippen molar-refractivity contribution in [3.8, 4) is 0 Å². The van der Waals surface area contributed by atoms with Gasteiger partial charge in [-0.3, -0.25) is 4.79 Å². The summed E-state index contributed by atoms with van der Waals surface area (Å²) in [7, 11) is 0. The number of rotatable bonds is 5. The summed E-state index contributed by atoms with van der Waals surface area (Å²) in [6.07, 6.45) is 3.26. The van der Waals surface area contributed by atoms with Gasteiger partial charge in [0.25, 0.3) is 0 Å². The standard InChI is InChI=1S/C19H28N2O3/c20-14-18(6-10-23-11-7-18)17(22)21-15-19(8-12-24-13-9-19)16-4-2-1-3-5-16/h1-5H,6-15,20H2,(H,21,22). The molecule has 0 spiro atoms. The van der Waals surface area contributed by atoms with Crippen molar-refractivity contribution in [2.24, 2.45) is 11.1 Å². The van der Waals surface area contributed by atoms with Gasteiger partial charge in [0.15, 0.2) is 0 Å². The van der Waals surface area contributed by atoms with Crippen molar-refractivity contribution in [1.29, 1.82) is 0 Å². The molecule has 2 saturated heterocycles. The Morgan fingerprint density at radius 2 is 1.58 bits per heavy atom. The smallest absolute Gasteiger partial charge is 0.227 e. The van der Waals surface area contributed by atoms with Gasteiger partial charge in [-0.25, -0.2) is 0 Å². The molecule has 5 heteroatoms. The fourth-order valence-electron chi connectivity index (χ4n) is 3.84. The van der Waals surface area contributed by atoms with Crippen LogP contribution >= 0.6 is 0 Å². The maximum Gasteiger partial charge on any atom is 0.227 e. The monoisotopic (exact) mass is 332 g/mol. The summed E-state index contributed by atoms with van der Waals surface area (Å²) in [6, 6.07) is 10.5. The second-order valence-corrected chi connectivity index (χ2v) is 7.04. The van der Waals surface area contributed by atoms with Crippen molar-refractivity contribution >= 4 is 5.91 Å². The molecule has 3 N–H and O–H groups in total. The summed E-state index contributed by atoms with van der Waals surface area (Å²) in [4.78, 5) is 12.9. The molecule has 24 heavy (non-hydrogen) atoms. The molecule has 2 fully saturated rings. The third kappa shape index (κ3) is 3.48. The van der Waals surface area contributed by atoms with Crippen LogP contribution in [0.5, 0.6) is 0 Å². The first-order chi connectivity index (χ1) is 11.7. The van der Waals surface area contributed by atoms with Crippen LogP contribution in [0.3, 0.4) is 0 Å². The molecule has 132 valence electrons. The van der Waals surface area contributed by atoms with E-state index in [9.17, 15) is 4.79 Å². The zero-order valence-electron chi connectivity index (χ0n) is 14.3. The normalized spacial score (nSPS) is 22.7. The summed E-state index contributed by atoms with van der Waals surface area (Å²) in [5.74, 6) is 0.0788. The Bertz CT molecular complexity index is 535. The minimum atomic E-state index is -0.471. The Hall–Kier alpha value is -1.43. The average Bonchev–Trinajstić information content (AvgIpc) is 2.68. The van der Waals surface area contributed by atoms with Gasteiger partial charge in [0.1, 0.15) is 0 Å². The van der Waals surface area contributed by atoms with Crippen LogP contribution in [0.2, 0.25) is 0 Å². The molecule has 0 radical (unpaired) electrons. The van der Waals surface area contributed by atoms with Crippen LogP contribution in [-0.2, 0) is 19.7 Å². The number of carbonyl (C=O) groups excluding carboxylic acids is 1. The van der Waals surface area contributed by atoms with Crippen LogP contribution in [0, 0.1) is 5.41 Å². The summed E-state index contributed by atoms with van der Waals surface area (Å²) < 4.78 is 11.0. The summed E-state index contributed by atoms with van der Waals surface area (Å²) in [5.41, 5.74) is 6.72. The number of hydrogen-bond acceptors (Lipinski definition) is 4. The first-order valence-electron chi connectivity index (χ1n) is 8.90. The predicted octanol–water partition coefficient (Wildman–Crippen LogP) is 1.61. The molecule has 2 heterocycles. The van der Waals surface area contributed by atoms with E-state index in [0.29, 0.717) is 39.1 Å². The fraction of sp³-hybridized carbons (Fsp3) is 0.632. The quantitative estimate of drug-likeness (QED) is 0.859. The van der Waals surface area contributed by atoms with Crippen LogP contribution < -0.4 is 11.1 Å². The highest BCUT2D eigenvalue weighted by Gasteiger charge is 2.41. The summed E-state index contributed by atoms with van der Waals surface area (Å²) >= 11 is 0. The topological polar surface area (TPSA) is 73.6 Å². The molecular weight excluding hydrogens is 304 g/mol. The largest absolute Gasteiger partial charge is 0.381 e. The first-order valence-corrected chi connectivity index (χ1v) is 8.90. The minimum Gasteiger partial charge on any atom is -0.381 e. The molecule has 0 bridgehead atoms. The van der Waals surface area contributed by atoms with Gasteiger partial charge in [0.2, 0.25) is 5.91 Å². The van der Waals surface area contributed by atoms with Crippen LogP contribution in [0.15, 0.2) is 30.3 Å². The average molecular weight is 332 g/mol. The molecule has 2 aliphatic rings. The number of benzene rings is 1. The number of nitrogens with two attached hydrogens (primary N) is 1. The van der Waals surface area contributed by atoms with E-state index in [4.69, 9.17) is 15.2 Å². The van der Waals surface area contributed by atoms with Crippen molar-refractivity contribution in [1.82, 2.24) is 5.32 Å². The van der Waals surface area contributed by atoms with Crippen molar-refractivity contribution < 1.29 is 14.3 Å². The number of carbonyl (C=O) groups is 1. The number of ether oxygens (including phenoxy) is 2. The van der Waals surface area contributed by atoms with Crippen molar-refractivity contribution in [3.05, 3.63) is 35.9 Å². The van der Waals surface area contributed by atoms with Crippen molar-refractivity contribution in [2.45, 2.75) is 31.1 Å². The molecule has 5 nitrogen and oxygen atoms in total. The molecule has 0 aliphatic carbocycles. The van der Waals surface area contributed by atoms with Gasteiger partial charge in [-0.05, 0) is 31.2 Å². The Morgan fingerprint density at radius 3 is 2.17 bits per heavy atom. The van der Waals surface area contributed by atoms with Gasteiger partial charge in [-0.15, -0.1) is 0 Å². The van der Waals surface area contributed by atoms with E-state index < -0.39 is 5.41 Å². The Balaban J connectivity index is 1.73. The Morgan fingerprint density at radius 1 is 1.00 bits per heavy atom. The second-order valence-electron chi connectivity index (χ2n) is 7.04. The maximum atomic E-state index is 12.9. The molecule has 0 saturated carbocycles. The third-order valence-electron chi connectivity index (χ3n) is 5.75. The number of hydrogen-bond donors (Lipinski definition) is 2. The van der Waals surface area contributed by atoms with Gasteiger partial charge in [-0.2, -0.15) is 0 Å². The van der Waals surface area contributed by atoms with Gasteiger partial charge in [0, 0.05) is 44.9 Å². The highest BCUT2D eigenvalue weighted by atomic mass is 16.5. The van der Waals surface area contributed by atoms with Crippen LogP contribution in [0.1, 0.15) is 31.2 Å². The zero-order chi connectivity index (χ0) is 16.9. The lowest BCUT2D eigenvalue weighted by Gasteiger charge is -2.40.